The van der Waals surface area contributed by atoms with Gasteiger partial charge in [-0.25, -0.2) is 0 Å². The Bertz CT molecular complexity index is 411. The van der Waals surface area contributed by atoms with Crippen LogP contribution in [0.15, 0.2) is 29.4 Å². The van der Waals surface area contributed by atoms with E-state index in [0.29, 0.717) is 18.2 Å². The molecule has 1 heterocycles. The van der Waals surface area contributed by atoms with Crippen LogP contribution in [0, 0.1) is 5.92 Å². The van der Waals surface area contributed by atoms with E-state index >= 15 is 0 Å². The van der Waals surface area contributed by atoms with Gasteiger partial charge in [-0.3, -0.25) is 0 Å². The molecule has 4 heteroatoms. The lowest BCUT2D eigenvalue weighted by atomic mass is 10.0. The molecule has 0 saturated carbocycles. The summed E-state index contributed by atoms with van der Waals surface area (Å²) < 4.78 is 11.2. The first-order valence-electron chi connectivity index (χ1n) is 6.30. The predicted octanol–water partition coefficient (Wildman–Crippen LogP) is 2.69. The number of oxime groups is 1. The molecule has 1 aliphatic rings. The Morgan fingerprint density at radius 2 is 2.11 bits per heavy atom. The summed E-state index contributed by atoms with van der Waals surface area (Å²) in [7, 11) is 0. The van der Waals surface area contributed by atoms with E-state index in [4.69, 9.17) is 14.7 Å². The van der Waals surface area contributed by atoms with E-state index in [9.17, 15) is 0 Å². The van der Waals surface area contributed by atoms with Crippen molar-refractivity contribution in [2.75, 3.05) is 19.8 Å². The SMILES string of the molecule is CC(=NO)c1ccccc1OCC1CCOCC1. The largest absolute Gasteiger partial charge is 0.493 e. The van der Waals surface area contributed by atoms with E-state index in [1.54, 1.807) is 6.92 Å². The van der Waals surface area contributed by atoms with Crippen LogP contribution in [0.2, 0.25) is 0 Å². The number of benzene rings is 1. The van der Waals surface area contributed by atoms with Crippen molar-refractivity contribution >= 4 is 5.71 Å². The second-order valence-electron chi connectivity index (χ2n) is 4.55. The first-order valence-corrected chi connectivity index (χ1v) is 6.30. The van der Waals surface area contributed by atoms with Crippen molar-refractivity contribution in [2.24, 2.45) is 11.1 Å². The minimum atomic E-state index is 0.554. The predicted molar refractivity (Wildman–Crippen MR) is 69.5 cm³/mol. The van der Waals surface area contributed by atoms with Crippen LogP contribution in [0.1, 0.15) is 25.3 Å². The Morgan fingerprint density at radius 1 is 1.39 bits per heavy atom. The molecule has 0 spiro atoms. The van der Waals surface area contributed by atoms with Crippen LogP contribution in [0.3, 0.4) is 0 Å². The van der Waals surface area contributed by atoms with Gasteiger partial charge in [-0.1, -0.05) is 17.3 Å². The summed E-state index contributed by atoms with van der Waals surface area (Å²) in [5.41, 5.74) is 1.41. The van der Waals surface area contributed by atoms with Crippen LogP contribution in [-0.2, 0) is 4.74 Å². The standard InChI is InChI=1S/C14H19NO3/c1-11(15-16)13-4-2-3-5-14(13)18-10-12-6-8-17-9-7-12/h2-5,12,16H,6-10H2,1H3. The summed E-state index contributed by atoms with van der Waals surface area (Å²) >= 11 is 0. The lowest BCUT2D eigenvalue weighted by Crippen LogP contribution is -2.21. The van der Waals surface area contributed by atoms with Crippen LogP contribution < -0.4 is 4.74 Å². The summed E-state index contributed by atoms with van der Waals surface area (Å²) in [4.78, 5) is 0. The summed E-state index contributed by atoms with van der Waals surface area (Å²) in [6.45, 7) is 4.11. The van der Waals surface area contributed by atoms with Gasteiger partial charge in [0, 0.05) is 18.8 Å². The molecule has 0 aromatic heterocycles. The Balaban J connectivity index is 2.00. The summed E-state index contributed by atoms with van der Waals surface area (Å²) in [6, 6.07) is 7.64. The smallest absolute Gasteiger partial charge is 0.128 e. The summed E-state index contributed by atoms with van der Waals surface area (Å²) in [5.74, 6) is 1.33. The molecular weight excluding hydrogens is 230 g/mol. The maximum Gasteiger partial charge on any atom is 0.128 e. The number of hydrogen-bond donors (Lipinski definition) is 1. The quantitative estimate of drug-likeness (QED) is 0.507. The Labute approximate surface area is 107 Å². The fraction of sp³-hybridized carbons (Fsp3) is 0.500. The van der Waals surface area contributed by atoms with Crippen molar-refractivity contribution in [3.8, 4) is 5.75 Å². The van der Waals surface area contributed by atoms with Crippen LogP contribution in [0.25, 0.3) is 0 Å². The molecule has 1 N–H and O–H groups in total. The Morgan fingerprint density at radius 3 is 2.83 bits per heavy atom. The third-order valence-electron chi connectivity index (χ3n) is 3.24. The molecule has 98 valence electrons. The topological polar surface area (TPSA) is 51.1 Å². The van der Waals surface area contributed by atoms with Crippen LogP contribution in [0.4, 0.5) is 0 Å². The van der Waals surface area contributed by atoms with Gasteiger partial charge in [-0.2, -0.15) is 0 Å². The van der Waals surface area contributed by atoms with Gasteiger partial charge in [0.1, 0.15) is 5.75 Å². The first-order chi connectivity index (χ1) is 8.81. The van der Waals surface area contributed by atoms with E-state index in [1.807, 2.05) is 24.3 Å². The fourth-order valence-electron chi connectivity index (χ4n) is 2.07. The van der Waals surface area contributed by atoms with Crippen LogP contribution in [0.5, 0.6) is 5.75 Å². The van der Waals surface area contributed by atoms with Crippen molar-refractivity contribution in [3.63, 3.8) is 0 Å². The van der Waals surface area contributed by atoms with E-state index in [1.165, 1.54) is 0 Å². The summed E-state index contributed by atoms with van der Waals surface area (Å²) in [6.07, 6.45) is 2.10. The van der Waals surface area contributed by atoms with Crippen molar-refractivity contribution in [2.45, 2.75) is 19.8 Å². The highest BCUT2D eigenvalue weighted by Gasteiger charge is 2.15. The van der Waals surface area contributed by atoms with E-state index in [0.717, 1.165) is 37.4 Å². The van der Waals surface area contributed by atoms with Crippen LogP contribution >= 0.6 is 0 Å². The van der Waals surface area contributed by atoms with Gasteiger partial charge >= 0.3 is 0 Å². The second-order valence-corrected chi connectivity index (χ2v) is 4.55. The van der Waals surface area contributed by atoms with Gasteiger partial charge < -0.3 is 14.7 Å². The third kappa shape index (κ3) is 3.23. The summed E-state index contributed by atoms with van der Waals surface area (Å²) in [5, 5.41) is 12.1. The lowest BCUT2D eigenvalue weighted by Gasteiger charge is -2.22. The number of para-hydroxylation sites is 1. The van der Waals surface area contributed by atoms with Crippen LogP contribution in [-0.4, -0.2) is 30.7 Å². The average Bonchev–Trinajstić information content (AvgIpc) is 2.45. The zero-order chi connectivity index (χ0) is 12.8. The van der Waals surface area contributed by atoms with E-state index in [-0.39, 0.29) is 0 Å². The molecule has 2 rings (SSSR count). The van der Waals surface area contributed by atoms with Crippen molar-refractivity contribution < 1.29 is 14.7 Å². The highest BCUT2D eigenvalue weighted by molar-refractivity contribution is 6.00. The van der Waals surface area contributed by atoms with Gasteiger partial charge in [0.05, 0.1) is 12.3 Å². The molecule has 0 bridgehead atoms. The molecule has 1 aromatic rings. The minimum absolute atomic E-state index is 0.554. The first kappa shape index (κ1) is 12.9. The van der Waals surface area contributed by atoms with Gasteiger partial charge in [-0.15, -0.1) is 0 Å². The van der Waals surface area contributed by atoms with Crippen molar-refractivity contribution in [3.05, 3.63) is 29.8 Å². The second kappa shape index (κ2) is 6.40. The Hall–Kier alpha value is -1.55. The monoisotopic (exact) mass is 249 g/mol. The maximum absolute atomic E-state index is 8.85. The number of nitrogens with zero attached hydrogens (tertiary/aromatic N) is 1. The molecule has 1 aromatic carbocycles. The molecule has 4 nitrogen and oxygen atoms in total. The minimum Gasteiger partial charge on any atom is -0.493 e. The van der Waals surface area contributed by atoms with Crippen molar-refractivity contribution in [1.82, 2.24) is 0 Å². The molecule has 1 saturated heterocycles. The van der Waals surface area contributed by atoms with Crippen molar-refractivity contribution in [1.29, 1.82) is 0 Å². The highest BCUT2D eigenvalue weighted by Crippen LogP contribution is 2.22. The molecule has 0 amide bonds. The normalized spacial score (nSPS) is 17.7. The molecule has 1 fully saturated rings. The zero-order valence-corrected chi connectivity index (χ0v) is 10.6. The lowest BCUT2D eigenvalue weighted by molar-refractivity contribution is 0.0497. The molecule has 0 aliphatic carbocycles. The average molecular weight is 249 g/mol. The van der Waals surface area contributed by atoms with Gasteiger partial charge in [0.2, 0.25) is 0 Å². The molecule has 0 unspecified atom stereocenters. The van der Waals surface area contributed by atoms with Gasteiger partial charge in [0.25, 0.3) is 0 Å². The maximum atomic E-state index is 8.85. The molecule has 1 aliphatic heterocycles. The highest BCUT2D eigenvalue weighted by atomic mass is 16.5. The zero-order valence-electron chi connectivity index (χ0n) is 10.6. The number of hydrogen-bond acceptors (Lipinski definition) is 4. The van der Waals surface area contributed by atoms with Gasteiger partial charge in [0.15, 0.2) is 0 Å². The Kier molecular flexibility index (Phi) is 4.59. The molecular formula is C14H19NO3. The molecule has 18 heavy (non-hydrogen) atoms. The number of rotatable bonds is 4. The van der Waals surface area contributed by atoms with E-state index in [2.05, 4.69) is 5.16 Å². The van der Waals surface area contributed by atoms with Gasteiger partial charge in [-0.05, 0) is 37.8 Å². The fourth-order valence-corrected chi connectivity index (χ4v) is 2.07. The third-order valence-corrected chi connectivity index (χ3v) is 3.24. The molecule has 0 radical (unpaired) electrons. The number of ether oxygens (including phenoxy) is 2. The molecule has 0 atom stereocenters. The van der Waals surface area contributed by atoms with E-state index < -0.39 is 0 Å².